The molecule has 1 aliphatic rings. The molecule has 2 aromatic rings. The number of hydrogen-bond acceptors (Lipinski definition) is 6. The van der Waals surface area contributed by atoms with E-state index in [0.29, 0.717) is 10.6 Å². The Morgan fingerprint density at radius 2 is 2.32 bits per heavy atom. The van der Waals surface area contributed by atoms with Crippen LogP contribution in [0.15, 0.2) is 16.7 Å². The lowest BCUT2D eigenvalue weighted by molar-refractivity contribution is 0.0556. The summed E-state index contributed by atoms with van der Waals surface area (Å²) in [4.78, 5) is 15.5. The van der Waals surface area contributed by atoms with Crippen LogP contribution in [0.4, 0.5) is 0 Å². The Balaban J connectivity index is 2.05. The molecule has 7 heteroatoms. The molecule has 0 radical (unpaired) electrons. The molecular weight excluding hydrogens is 270 g/mol. The van der Waals surface area contributed by atoms with Crippen LogP contribution < -0.4 is 0 Å². The van der Waals surface area contributed by atoms with Gasteiger partial charge >= 0.3 is 11.9 Å². The van der Waals surface area contributed by atoms with Crippen LogP contribution in [0.1, 0.15) is 21.9 Å². The number of fused-ring (bicyclic) bond motifs is 1. The van der Waals surface area contributed by atoms with E-state index in [1.807, 2.05) is 12.2 Å². The number of allylic oxidation sites excluding steroid dienone is 1. The van der Waals surface area contributed by atoms with E-state index in [1.54, 1.807) is 6.20 Å². The van der Waals surface area contributed by atoms with Crippen LogP contribution in [0.5, 0.6) is 0 Å². The normalized spacial score (nSPS) is 12.5. The van der Waals surface area contributed by atoms with Gasteiger partial charge in [0, 0.05) is 18.2 Å². The molecule has 6 nitrogen and oxygen atoms in total. The molecule has 0 N–H and O–H groups in total. The second-order valence-electron chi connectivity index (χ2n) is 3.86. The highest BCUT2D eigenvalue weighted by Crippen LogP contribution is 2.34. The Bertz CT molecular complexity index is 694. The van der Waals surface area contributed by atoms with Crippen molar-refractivity contribution in [2.75, 3.05) is 7.11 Å². The topological polar surface area (TPSA) is 78.1 Å². The zero-order valence-corrected chi connectivity index (χ0v) is 10.6. The van der Waals surface area contributed by atoms with Crippen molar-refractivity contribution < 1.29 is 13.9 Å². The molecule has 0 spiro atoms. The van der Waals surface area contributed by atoms with E-state index in [9.17, 15) is 4.79 Å². The van der Waals surface area contributed by atoms with Crippen molar-refractivity contribution in [3.05, 3.63) is 34.4 Å². The van der Waals surface area contributed by atoms with Gasteiger partial charge in [0.05, 0.1) is 23.4 Å². The molecule has 3 rings (SSSR count). The van der Waals surface area contributed by atoms with Crippen LogP contribution in [0.3, 0.4) is 0 Å². The number of methoxy groups -OCH3 is 1. The Kier molecular flexibility index (Phi) is 2.79. The quantitative estimate of drug-likeness (QED) is 0.783. The van der Waals surface area contributed by atoms with Gasteiger partial charge in [-0.3, -0.25) is 4.98 Å². The fourth-order valence-corrected chi connectivity index (χ4v) is 2.11. The first-order chi connectivity index (χ1) is 9.20. The van der Waals surface area contributed by atoms with Gasteiger partial charge in [-0.1, -0.05) is 23.8 Å². The van der Waals surface area contributed by atoms with Crippen molar-refractivity contribution in [1.82, 2.24) is 15.2 Å². The largest absolute Gasteiger partial charge is 0.462 e. The van der Waals surface area contributed by atoms with Crippen LogP contribution in [0.2, 0.25) is 5.02 Å². The van der Waals surface area contributed by atoms with Crippen molar-refractivity contribution in [3.8, 4) is 11.5 Å². The van der Waals surface area contributed by atoms with Gasteiger partial charge < -0.3 is 9.15 Å². The fourth-order valence-electron chi connectivity index (χ4n) is 1.81. The number of esters is 1. The highest BCUT2D eigenvalue weighted by molar-refractivity contribution is 6.34. The molecule has 0 saturated heterocycles. The third-order valence-electron chi connectivity index (χ3n) is 2.74. The van der Waals surface area contributed by atoms with Gasteiger partial charge in [-0.2, -0.15) is 0 Å². The Hall–Kier alpha value is -2.21. The molecule has 19 heavy (non-hydrogen) atoms. The summed E-state index contributed by atoms with van der Waals surface area (Å²) in [6, 6.07) is 0. The Morgan fingerprint density at radius 1 is 1.47 bits per heavy atom. The zero-order valence-electron chi connectivity index (χ0n) is 9.88. The number of halogens is 1. The first kappa shape index (κ1) is 11.9. The zero-order chi connectivity index (χ0) is 13.4. The molecule has 1 aliphatic carbocycles. The molecule has 2 heterocycles. The van der Waals surface area contributed by atoms with E-state index in [4.69, 9.17) is 16.0 Å². The lowest BCUT2D eigenvalue weighted by Crippen LogP contribution is -2.00. The smallest absolute Gasteiger partial charge is 0.396 e. The highest BCUT2D eigenvalue weighted by Gasteiger charge is 2.21. The van der Waals surface area contributed by atoms with Crippen molar-refractivity contribution in [2.24, 2.45) is 0 Å². The van der Waals surface area contributed by atoms with Crippen LogP contribution in [0, 0.1) is 0 Å². The van der Waals surface area contributed by atoms with E-state index in [2.05, 4.69) is 19.9 Å². The number of aromatic nitrogens is 3. The summed E-state index contributed by atoms with van der Waals surface area (Å²) in [5, 5.41) is 7.86. The number of nitrogens with zero attached hydrogens (tertiary/aromatic N) is 3. The van der Waals surface area contributed by atoms with E-state index >= 15 is 0 Å². The van der Waals surface area contributed by atoms with Gasteiger partial charge in [-0.25, -0.2) is 4.79 Å². The van der Waals surface area contributed by atoms with Gasteiger partial charge in [0.25, 0.3) is 5.89 Å². The van der Waals surface area contributed by atoms with Gasteiger partial charge in [0.15, 0.2) is 0 Å². The van der Waals surface area contributed by atoms with E-state index < -0.39 is 5.97 Å². The highest BCUT2D eigenvalue weighted by atomic mass is 35.5. The molecule has 0 fully saturated rings. The molecule has 0 saturated carbocycles. The van der Waals surface area contributed by atoms with Crippen LogP contribution in [-0.2, 0) is 11.2 Å². The molecule has 0 unspecified atom stereocenters. The summed E-state index contributed by atoms with van der Waals surface area (Å²) in [6.07, 6.45) is 6.18. The molecule has 0 amide bonds. The first-order valence-electron chi connectivity index (χ1n) is 5.47. The average molecular weight is 278 g/mol. The molecular formula is C12H8ClN3O3. The molecule has 96 valence electrons. The third kappa shape index (κ3) is 1.90. The second kappa shape index (κ2) is 4.47. The number of carbonyl (C=O) groups excluding carboxylic acids is 1. The maximum Gasteiger partial charge on any atom is 0.396 e. The van der Waals surface area contributed by atoms with Gasteiger partial charge in [0.2, 0.25) is 0 Å². The summed E-state index contributed by atoms with van der Waals surface area (Å²) in [5.74, 6) is -0.769. The molecule has 2 aromatic heterocycles. The number of rotatable bonds is 2. The molecule has 0 bridgehead atoms. The Morgan fingerprint density at radius 3 is 3.11 bits per heavy atom. The second-order valence-corrected chi connectivity index (χ2v) is 4.23. The van der Waals surface area contributed by atoms with Crippen LogP contribution in [-0.4, -0.2) is 28.3 Å². The predicted octanol–water partition coefficient (Wildman–Crippen LogP) is 2.14. The monoisotopic (exact) mass is 277 g/mol. The fraction of sp³-hybridized carbons (Fsp3) is 0.167. The van der Waals surface area contributed by atoms with Crippen molar-refractivity contribution in [2.45, 2.75) is 6.42 Å². The van der Waals surface area contributed by atoms with E-state index in [-0.39, 0.29) is 11.8 Å². The molecule has 0 aromatic carbocycles. The Labute approximate surface area is 113 Å². The minimum absolute atomic E-state index is 0.140. The summed E-state index contributed by atoms with van der Waals surface area (Å²) >= 11 is 6.28. The minimum atomic E-state index is -0.691. The summed E-state index contributed by atoms with van der Waals surface area (Å²) in [5.41, 5.74) is 2.24. The molecule has 0 atom stereocenters. The summed E-state index contributed by atoms with van der Waals surface area (Å²) < 4.78 is 9.71. The lowest BCUT2D eigenvalue weighted by Gasteiger charge is -2.04. The van der Waals surface area contributed by atoms with Gasteiger partial charge in [-0.05, 0) is 0 Å². The predicted molar refractivity (Wildman–Crippen MR) is 66.6 cm³/mol. The third-order valence-corrected chi connectivity index (χ3v) is 3.15. The molecule has 0 aliphatic heterocycles. The van der Waals surface area contributed by atoms with Crippen LogP contribution >= 0.6 is 11.6 Å². The lowest BCUT2D eigenvalue weighted by atomic mass is 10.1. The van der Waals surface area contributed by atoms with Crippen molar-refractivity contribution >= 4 is 23.6 Å². The average Bonchev–Trinajstić information content (AvgIpc) is 3.07. The van der Waals surface area contributed by atoms with E-state index in [1.165, 1.54) is 7.11 Å². The van der Waals surface area contributed by atoms with Gasteiger partial charge in [-0.15, -0.1) is 10.2 Å². The minimum Gasteiger partial charge on any atom is -0.462 e. The maximum atomic E-state index is 11.3. The van der Waals surface area contributed by atoms with Gasteiger partial charge in [0.1, 0.15) is 0 Å². The van der Waals surface area contributed by atoms with Crippen molar-refractivity contribution in [1.29, 1.82) is 0 Å². The summed E-state index contributed by atoms with van der Waals surface area (Å²) in [6.45, 7) is 0. The van der Waals surface area contributed by atoms with Crippen LogP contribution in [0.25, 0.3) is 17.5 Å². The first-order valence-corrected chi connectivity index (χ1v) is 5.84. The number of pyridine rings is 1. The summed E-state index contributed by atoms with van der Waals surface area (Å²) in [7, 11) is 1.24. The van der Waals surface area contributed by atoms with E-state index in [0.717, 1.165) is 17.7 Å². The number of ether oxygens (including phenoxy) is 1. The number of carbonyl (C=O) groups is 1. The maximum absolute atomic E-state index is 11.3. The van der Waals surface area contributed by atoms with Crippen molar-refractivity contribution in [3.63, 3.8) is 0 Å². The number of hydrogen-bond donors (Lipinski definition) is 0. The SMILES string of the molecule is COC(=O)c1nnc(-c2cnc3c(c2Cl)C=CC3)o1. The standard InChI is InChI=1S/C12H8ClN3O3/c1-18-12(17)11-16-15-10(19-11)7-5-14-8-4-2-3-6(8)9(7)13/h2-3,5H,4H2,1H3.